The first-order valence-electron chi connectivity index (χ1n) is 2.10. The van der Waals surface area contributed by atoms with Crippen molar-refractivity contribution in [3.05, 3.63) is 0 Å². The van der Waals surface area contributed by atoms with E-state index >= 15 is 0 Å². The summed E-state index contributed by atoms with van der Waals surface area (Å²) in [6.45, 7) is 0. The van der Waals surface area contributed by atoms with Crippen LogP contribution in [0.3, 0.4) is 0 Å². The van der Waals surface area contributed by atoms with E-state index < -0.39 is 7.25 Å². The highest BCUT2D eigenvalue weighted by Crippen LogP contribution is 2.06. The van der Waals surface area contributed by atoms with Crippen molar-refractivity contribution in [2.24, 2.45) is 0 Å². The van der Waals surface area contributed by atoms with Crippen LogP contribution in [0.5, 0.6) is 0 Å². The summed E-state index contributed by atoms with van der Waals surface area (Å²) in [6.07, 6.45) is 0. The van der Waals surface area contributed by atoms with Crippen LogP contribution in [0.25, 0.3) is 0 Å². The van der Waals surface area contributed by atoms with Gasteiger partial charge in [-0.1, -0.05) is 0 Å². The first-order valence-corrected chi connectivity index (χ1v) is 2.10. The molecule has 0 aliphatic heterocycles. The second kappa shape index (κ2) is 6.82. The molecule has 0 radical (unpaired) electrons. The number of hydrogen-bond donors (Lipinski definition) is 1. The van der Waals surface area contributed by atoms with Gasteiger partial charge < -0.3 is 27.8 Å². The summed E-state index contributed by atoms with van der Waals surface area (Å²) >= 11 is 0. The van der Waals surface area contributed by atoms with E-state index in [1.807, 2.05) is 21.3 Å². The molecule has 0 amide bonds. The van der Waals surface area contributed by atoms with Gasteiger partial charge in [-0.15, -0.1) is 0 Å². The van der Waals surface area contributed by atoms with Gasteiger partial charge in [0.15, 0.2) is 0 Å². The van der Waals surface area contributed by atoms with Crippen LogP contribution >= 0.6 is 0 Å². The number of halogens is 4. The van der Waals surface area contributed by atoms with E-state index in [1.165, 1.54) is 0 Å². The van der Waals surface area contributed by atoms with Crippen LogP contribution in [0, 0.1) is 0 Å². The maximum atomic E-state index is 9.75. The van der Waals surface area contributed by atoms with Gasteiger partial charge in [0.2, 0.25) is 0 Å². The lowest BCUT2D eigenvalue weighted by molar-refractivity contribution is -0.00282. The lowest BCUT2D eigenvalue weighted by Crippen LogP contribution is -2.02. The highest BCUT2D eigenvalue weighted by Gasteiger charge is 2.20. The van der Waals surface area contributed by atoms with Crippen molar-refractivity contribution in [3.8, 4) is 0 Å². The summed E-state index contributed by atoms with van der Waals surface area (Å²) in [4.78, 5) is 0. The molecular weight excluding hydrogens is 153 g/mol. The van der Waals surface area contributed by atoms with Crippen molar-refractivity contribution in [3.63, 3.8) is 0 Å². The van der Waals surface area contributed by atoms with Gasteiger partial charge in [-0.3, -0.25) is 0 Å². The van der Waals surface area contributed by atoms with Gasteiger partial charge in [0, 0.05) is 0 Å². The molecule has 2 nitrogen and oxygen atoms in total. The fourth-order valence-electron chi connectivity index (χ4n) is 0. The van der Waals surface area contributed by atoms with Gasteiger partial charge in [-0.05, 0) is 0 Å². The van der Waals surface area contributed by atoms with Crippen LogP contribution in [-0.2, 0) is 4.37 Å². The summed E-state index contributed by atoms with van der Waals surface area (Å²) in [5.74, 6) is 0. The third kappa shape index (κ3) is 3980. The molecular formula is C3H12BF4NO. The molecule has 0 aromatic heterocycles. The quantitative estimate of drug-likeness (QED) is 0.332. The van der Waals surface area contributed by atoms with Crippen molar-refractivity contribution in [2.45, 2.75) is 0 Å². The molecule has 0 rings (SSSR count). The fourth-order valence-corrected chi connectivity index (χ4v) is 0. The van der Waals surface area contributed by atoms with Gasteiger partial charge in [-0.2, -0.15) is 0 Å². The Kier molecular flexibility index (Phi) is 11.2. The van der Waals surface area contributed by atoms with E-state index in [-0.39, 0.29) is 6.15 Å². The van der Waals surface area contributed by atoms with E-state index in [4.69, 9.17) is 0 Å². The van der Waals surface area contributed by atoms with Crippen molar-refractivity contribution in [1.82, 2.24) is 6.15 Å². The second-order valence-electron chi connectivity index (χ2n) is 1.72. The van der Waals surface area contributed by atoms with E-state index in [9.17, 15) is 17.3 Å². The molecule has 3 N–H and O–H groups in total. The van der Waals surface area contributed by atoms with Gasteiger partial charge >= 0.3 is 7.25 Å². The van der Waals surface area contributed by atoms with Crippen LogP contribution in [0.15, 0.2) is 0 Å². The van der Waals surface area contributed by atoms with E-state index in [0.717, 1.165) is 0 Å². The zero-order valence-corrected chi connectivity index (χ0v) is 6.20. The lowest BCUT2D eigenvalue weighted by atomic mass is 10.3. The summed E-state index contributed by atoms with van der Waals surface area (Å²) in [5.41, 5.74) is 0. The zero-order valence-electron chi connectivity index (χ0n) is 6.20. The number of rotatable bonds is 0. The molecule has 0 saturated heterocycles. The monoisotopic (exact) mass is 165 g/mol. The maximum Gasteiger partial charge on any atom is 0.673 e. The number of hydrogen-bond acceptors (Lipinski definition) is 1. The standard InChI is InChI=1S/C3H9O.BF4.H3N/c1-4(2)3;2-1(3,4)5;/h1-3H3;;1H3/q+1;-1;. The van der Waals surface area contributed by atoms with Crippen LogP contribution < -0.4 is 6.15 Å². The van der Waals surface area contributed by atoms with Crippen LogP contribution in [-0.4, -0.2) is 28.6 Å². The van der Waals surface area contributed by atoms with Gasteiger partial charge in [0.25, 0.3) is 0 Å². The molecule has 7 heteroatoms. The summed E-state index contributed by atoms with van der Waals surface area (Å²) in [7, 11) is -0.250. The van der Waals surface area contributed by atoms with E-state index in [0.29, 0.717) is 0 Å². The topological polar surface area (TPSA) is 37.7 Å². The SMILES string of the molecule is C[O+](C)C.F[B-](F)(F)F.N. The average Bonchev–Trinajstić information content (AvgIpc) is 1.19. The molecule has 0 saturated carbocycles. The Bertz CT molecular complexity index is 57.3. The van der Waals surface area contributed by atoms with Gasteiger partial charge in [0.05, 0.1) is 0 Å². The smallest absolute Gasteiger partial charge is 0.429 e. The third-order valence-electron chi connectivity index (χ3n) is 0. The van der Waals surface area contributed by atoms with Crippen LogP contribution in [0.2, 0.25) is 0 Å². The van der Waals surface area contributed by atoms with Crippen molar-refractivity contribution in [1.29, 1.82) is 0 Å². The molecule has 0 fully saturated rings. The van der Waals surface area contributed by atoms with Gasteiger partial charge in [0.1, 0.15) is 21.3 Å². The van der Waals surface area contributed by atoms with E-state index in [1.54, 1.807) is 0 Å². The molecule has 0 atom stereocenters. The molecule has 0 aliphatic rings. The first kappa shape index (κ1) is 16.4. The largest absolute Gasteiger partial charge is 0.673 e. The van der Waals surface area contributed by atoms with Crippen LogP contribution in [0.1, 0.15) is 0 Å². The fraction of sp³-hybridized carbons (Fsp3) is 1.00. The van der Waals surface area contributed by atoms with Crippen molar-refractivity contribution < 1.29 is 21.6 Å². The second-order valence-corrected chi connectivity index (χ2v) is 1.72. The van der Waals surface area contributed by atoms with Gasteiger partial charge in [-0.25, -0.2) is 0 Å². The normalized spacial score (nSPS) is 9.60. The summed E-state index contributed by atoms with van der Waals surface area (Å²) < 4.78 is 41.6. The Balaban J connectivity index is -0.0000000910. The minimum Gasteiger partial charge on any atom is -0.429 e. The third-order valence-corrected chi connectivity index (χ3v) is 0. The molecule has 0 aliphatic carbocycles. The average molecular weight is 165 g/mol. The Morgan fingerprint density at radius 1 is 0.900 bits per heavy atom. The van der Waals surface area contributed by atoms with Crippen molar-refractivity contribution in [2.75, 3.05) is 21.3 Å². The first-order chi connectivity index (χ1) is 3.73. The molecule has 10 heavy (non-hydrogen) atoms. The Morgan fingerprint density at radius 3 is 0.900 bits per heavy atom. The molecule has 66 valence electrons. The molecule has 0 unspecified atom stereocenters. The predicted molar refractivity (Wildman–Crippen MR) is 34.1 cm³/mol. The lowest BCUT2D eigenvalue weighted by Gasteiger charge is -1.94. The zero-order chi connectivity index (χ0) is 8.08. The Hall–Kier alpha value is -0.295. The minimum absolute atomic E-state index is 0. The highest BCUT2D eigenvalue weighted by molar-refractivity contribution is 6.50. The Labute approximate surface area is 57.6 Å². The van der Waals surface area contributed by atoms with E-state index in [2.05, 4.69) is 4.37 Å². The van der Waals surface area contributed by atoms with Crippen molar-refractivity contribution >= 4 is 7.25 Å². The highest BCUT2D eigenvalue weighted by atomic mass is 19.5. The summed E-state index contributed by atoms with van der Waals surface area (Å²) in [5, 5.41) is 0. The molecule has 0 bridgehead atoms. The van der Waals surface area contributed by atoms with Crippen LogP contribution in [0.4, 0.5) is 17.3 Å². The molecule has 0 aromatic carbocycles. The maximum absolute atomic E-state index is 9.75. The Morgan fingerprint density at radius 2 is 0.900 bits per heavy atom. The summed E-state index contributed by atoms with van der Waals surface area (Å²) in [6, 6.07) is 0. The molecule has 0 aromatic rings. The molecule has 0 heterocycles. The predicted octanol–water partition coefficient (Wildman–Crippen LogP) is 1.89. The minimum atomic E-state index is -6.00. The molecule has 0 spiro atoms.